The van der Waals surface area contributed by atoms with Crippen molar-refractivity contribution in [3.63, 3.8) is 0 Å². The number of aliphatic carboxylic acids is 1. The number of hydrogen-bond acceptors (Lipinski definition) is 11. The van der Waals surface area contributed by atoms with Gasteiger partial charge < -0.3 is 31.2 Å². The van der Waals surface area contributed by atoms with E-state index in [9.17, 15) is 24.3 Å². The number of nitrogens with two attached hydrogens (primary N) is 2. The first-order chi connectivity index (χ1) is 18.1. The molecular weight excluding hydrogens is 536 g/mol. The van der Waals surface area contributed by atoms with Gasteiger partial charge in [0.15, 0.2) is 5.13 Å². The minimum Gasteiger partial charge on any atom is -0.477 e. The maximum atomic E-state index is 13.2. The van der Waals surface area contributed by atoms with Crippen molar-refractivity contribution in [3.8, 4) is 0 Å². The third-order valence-corrected chi connectivity index (χ3v) is 9.82. The van der Waals surface area contributed by atoms with Crippen molar-refractivity contribution in [1.29, 1.82) is 0 Å². The van der Waals surface area contributed by atoms with E-state index in [0.717, 1.165) is 31.2 Å². The molecule has 0 radical (unpaired) electrons. The molecule has 0 aromatic carbocycles. The van der Waals surface area contributed by atoms with Crippen LogP contribution in [-0.4, -0.2) is 103 Å². The lowest BCUT2D eigenvalue weighted by molar-refractivity contribution is -0.940. The van der Waals surface area contributed by atoms with E-state index < -0.39 is 34.6 Å². The van der Waals surface area contributed by atoms with Gasteiger partial charge in [0, 0.05) is 42.1 Å². The summed E-state index contributed by atoms with van der Waals surface area (Å²) in [4.78, 5) is 60.8. The highest BCUT2D eigenvalue weighted by Crippen LogP contribution is 2.46. The summed E-state index contributed by atoms with van der Waals surface area (Å²) in [6.07, 6.45) is 2.07. The van der Waals surface area contributed by atoms with Crippen LogP contribution in [0.15, 0.2) is 16.4 Å². The number of primary amides is 1. The lowest BCUT2D eigenvalue weighted by Gasteiger charge is -2.55. The van der Waals surface area contributed by atoms with Crippen LogP contribution in [0.25, 0.3) is 0 Å². The van der Waals surface area contributed by atoms with Crippen molar-refractivity contribution in [2.75, 3.05) is 44.3 Å². The lowest BCUT2D eigenvalue weighted by atomic mass is 9.70. The largest absolute Gasteiger partial charge is 0.477 e. The van der Waals surface area contributed by atoms with Crippen molar-refractivity contribution in [2.45, 2.75) is 37.6 Å². The van der Waals surface area contributed by atoms with E-state index in [2.05, 4.69) is 19.8 Å². The van der Waals surface area contributed by atoms with E-state index >= 15 is 0 Å². The number of hydrogen-bond donors (Lipinski definition) is 4. The summed E-state index contributed by atoms with van der Waals surface area (Å²) in [6, 6.07) is -0.945. The summed E-state index contributed by atoms with van der Waals surface area (Å²) in [5.74, 6) is -2.28. The zero-order valence-corrected chi connectivity index (χ0v) is 22.3. The van der Waals surface area contributed by atoms with Gasteiger partial charge in [-0.2, -0.15) is 9.36 Å². The van der Waals surface area contributed by atoms with Gasteiger partial charge in [0.25, 0.3) is 11.8 Å². The van der Waals surface area contributed by atoms with Gasteiger partial charge in [0.05, 0.1) is 25.0 Å². The average molecular weight is 566 g/mol. The molecule has 0 aliphatic carbocycles. The molecule has 6 rings (SSSR count). The fourth-order valence-electron chi connectivity index (χ4n) is 5.73. The number of amides is 3. The number of nitrogens with one attached hydrogen (secondary N) is 1. The van der Waals surface area contributed by atoms with Crippen molar-refractivity contribution in [1.82, 2.24) is 19.6 Å². The molecule has 2 atom stereocenters. The number of thioether (sulfide) groups is 1. The van der Waals surface area contributed by atoms with Gasteiger partial charge in [0.1, 0.15) is 30.3 Å². The summed E-state index contributed by atoms with van der Waals surface area (Å²) in [6.45, 7) is 4.63. The lowest BCUT2D eigenvalue weighted by Crippen LogP contribution is -2.71. The highest BCUT2D eigenvalue weighted by atomic mass is 32.2. The van der Waals surface area contributed by atoms with Gasteiger partial charge in [-0.25, -0.2) is 4.79 Å². The van der Waals surface area contributed by atoms with E-state index in [4.69, 9.17) is 16.3 Å². The molecule has 0 saturated carbocycles. The van der Waals surface area contributed by atoms with Crippen LogP contribution in [0.1, 0.15) is 32.0 Å². The number of aromatic nitrogens is 2. The quantitative estimate of drug-likeness (QED) is 0.126. The molecule has 16 heteroatoms. The molecule has 38 heavy (non-hydrogen) atoms. The Morgan fingerprint density at radius 3 is 2.53 bits per heavy atom. The number of piperidine rings is 3. The van der Waals surface area contributed by atoms with Crippen LogP contribution < -0.4 is 16.8 Å². The molecule has 2 bridgehead atoms. The molecule has 0 unspecified atom stereocenters. The standard InChI is InChI=1S/C22H28N8O6S2/c1-2-36-27-12(15-26-21(24)38-28-15)16(31)25-13-17(32)29-14(19(33)34)11(10-37-18(13)29)9-30-6-3-22(4-7-30,5-8-30)20(23)35/h13,18H,2-10H2,1H3,(H5-,23,24,25,26,28,31,33,34,35)/p+1/b27-12-/t13-,18-,22?,30?/m1/s1. The molecule has 5 aliphatic rings. The molecule has 4 fully saturated rings. The Morgan fingerprint density at radius 1 is 1.29 bits per heavy atom. The molecule has 14 nitrogen and oxygen atoms in total. The van der Waals surface area contributed by atoms with Crippen LogP contribution in [-0.2, 0) is 24.0 Å². The van der Waals surface area contributed by atoms with Gasteiger partial charge in [-0.3, -0.25) is 19.3 Å². The first-order valence-electron chi connectivity index (χ1n) is 12.3. The Labute approximate surface area is 226 Å². The number of oxime groups is 1. The second-order valence-corrected chi connectivity index (χ2v) is 11.9. The van der Waals surface area contributed by atoms with Crippen molar-refractivity contribution >= 4 is 57.8 Å². The minimum absolute atomic E-state index is 0.0220. The fraction of sp³-hybridized carbons (Fsp3) is 0.591. The normalized spacial score (nSPS) is 30.5. The Morgan fingerprint density at radius 2 is 1.97 bits per heavy atom. The summed E-state index contributed by atoms with van der Waals surface area (Å²) in [5, 5.41) is 16.1. The number of quaternary nitrogens is 1. The van der Waals surface area contributed by atoms with Gasteiger partial charge in [-0.1, -0.05) is 5.16 Å². The summed E-state index contributed by atoms with van der Waals surface area (Å²) in [7, 11) is 0. The first-order valence-corrected chi connectivity index (χ1v) is 14.1. The van der Waals surface area contributed by atoms with Gasteiger partial charge in [-0.15, -0.1) is 11.8 Å². The maximum Gasteiger partial charge on any atom is 0.352 e. The second kappa shape index (κ2) is 9.81. The Bertz CT molecular complexity index is 1240. The number of anilines is 1. The van der Waals surface area contributed by atoms with E-state index in [1.807, 2.05) is 0 Å². The number of carboxylic acid groups (broad SMARTS) is 1. The molecule has 6 N–H and O–H groups in total. The molecule has 204 valence electrons. The number of rotatable bonds is 9. The fourth-order valence-corrected chi connectivity index (χ4v) is 7.50. The number of nitrogen functional groups attached to an aromatic ring is 1. The second-order valence-electron chi connectivity index (χ2n) is 10.00. The smallest absolute Gasteiger partial charge is 0.352 e. The molecular formula is C22H29N8O6S2+. The highest BCUT2D eigenvalue weighted by Gasteiger charge is 2.57. The zero-order valence-electron chi connectivity index (χ0n) is 20.7. The molecule has 0 spiro atoms. The predicted molar refractivity (Wildman–Crippen MR) is 137 cm³/mol. The Balaban J connectivity index is 1.32. The van der Waals surface area contributed by atoms with E-state index in [1.54, 1.807) is 6.92 Å². The van der Waals surface area contributed by atoms with Crippen LogP contribution in [0, 0.1) is 5.41 Å². The number of β-lactam (4-membered cyclic amide) rings is 1. The van der Waals surface area contributed by atoms with Crippen LogP contribution >= 0.6 is 23.3 Å². The number of nitrogens with zero attached hydrogens (tertiary/aromatic N) is 5. The van der Waals surface area contributed by atoms with Crippen molar-refractivity contribution < 1.29 is 33.6 Å². The monoisotopic (exact) mass is 565 g/mol. The number of carboxylic acids is 1. The third kappa shape index (κ3) is 4.39. The van der Waals surface area contributed by atoms with E-state index in [1.165, 1.54) is 16.7 Å². The van der Waals surface area contributed by atoms with Crippen molar-refractivity contribution in [2.24, 2.45) is 16.3 Å². The molecule has 6 heterocycles. The predicted octanol–water partition coefficient (Wildman–Crippen LogP) is -0.914. The summed E-state index contributed by atoms with van der Waals surface area (Å²) >= 11 is 2.29. The first kappa shape index (κ1) is 26.4. The molecule has 1 aromatic heterocycles. The van der Waals surface area contributed by atoms with Gasteiger partial charge in [0.2, 0.25) is 17.4 Å². The van der Waals surface area contributed by atoms with Crippen LogP contribution in [0.5, 0.6) is 0 Å². The van der Waals surface area contributed by atoms with Gasteiger partial charge >= 0.3 is 5.97 Å². The Hall–Kier alpha value is -3.24. The molecule has 1 aromatic rings. The molecule has 3 amide bonds. The van der Waals surface area contributed by atoms with Crippen LogP contribution in [0.4, 0.5) is 5.13 Å². The topological polar surface area (TPSA) is 203 Å². The summed E-state index contributed by atoms with van der Waals surface area (Å²) in [5.41, 5.74) is 11.3. The van der Waals surface area contributed by atoms with E-state index in [0.29, 0.717) is 41.6 Å². The number of carbonyl (C=O) groups is 4. The third-order valence-electron chi connectivity index (χ3n) is 7.93. The van der Waals surface area contributed by atoms with Crippen LogP contribution in [0.3, 0.4) is 0 Å². The van der Waals surface area contributed by atoms with Gasteiger partial charge in [-0.05, 0) is 6.92 Å². The summed E-state index contributed by atoms with van der Waals surface area (Å²) < 4.78 is 4.69. The minimum atomic E-state index is -1.18. The zero-order chi connectivity index (χ0) is 27.2. The average Bonchev–Trinajstić information content (AvgIpc) is 3.33. The maximum absolute atomic E-state index is 13.2. The van der Waals surface area contributed by atoms with Crippen LogP contribution in [0.2, 0.25) is 0 Å². The molecule has 5 aliphatic heterocycles. The highest BCUT2D eigenvalue weighted by molar-refractivity contribution is 8.00. The number of fused-ring (bicyclic) bond motifs is 4. The number of carbonyl (C=O) groups excluding carboxylic acids is 3. The van der Waals surface area contributed by atoms with Crippen molar-refractivity contribution in [3.05, 3.63) is 17.1 Å². The molecule has 4 saturated heterocycles. The SMILES string of the molecule is CCO/N=C(\C(=O)N[C@@H]1C(=O)N2C(C(=O)O)=C(C[N+]34CCC(C(N)=O)(CC3)CC4)CS[C@H]12)c1nsc(N)n1. The Kier molecular flexibility index (Phi) is 6.81. The van der Waals surface area contributed by atoms with E-state index in [-0.39, 0.29) is 34.9 Å².